The molecule has 3 rings (SSSR count). The highest BCUT2D eigenvalue weighted by atomic mass is 32.2. The summed E-state index contributed by atoms with van der Waals surface area (Å²) in [6, 6.07) is 14.7. The molecule has 0 saturated carbocycles. The zero-order valence-corrected chi connectivity index (χ0v) is 14.8. The Morgan fingerprint density at radius 1 is 1.04 bits per heavy atom. The monoisotopic (exact) mass is 351 g/mol. The Kier molecular flexibility index (Phi) is 5.09. The summed E-state index contributed by atoms with van der Waals surface area (Å²) in [6.07, 6.45) is 0. The van der Waals surface area contributed by atoms with Crippen molar-refractivity contribution < 1.29 is 9.59 Å². The molecule has 3 aromatic rings. The number of hydrogen-bond donors (Lipinski definition) is 1. The molecule has 0 aliphatic rings. The quantitative estimate of drug-likeness (QED) is 0.429. The molecule has 0 saturated heterocycles. The predicted octanol–water partition coefficient (Wildman–Crippen LogP) is 3.87. The van der Waals surface area contributed by atoms with Crippen LogP contribution in [0.3, 0.4) is 0 Å². The molecule has 25 heavy (non-hydrogen) atoms. The van der Waals surface area contributed by atoms with Crippen molar-refractivity contribution in [3.05, 3.63) is 59.9 Å². The van der Waals surface area contributed by atoms with E-state index < -0.39 is 0 Å². The maximum Gasteiger partial charge on any atom is 0.221 e. The number of para-hydroxylation sites is 1. The second-order valence-corrected chi connectivity index (χ2v) is 6.53. The molecule has 0 spiro atoms. The lowest BCUT2D eigenvalue weighted by Crippen LogP contribution is -2.07. The van der Waals surface area contributed by atoms with Crippen molar-refractivity contribution in [3.8, 4) is 0 Å². The maximum atomic E-state index is 12.4. The molecular weight excluding hydrogens is 334 g/mol. The summed E-state index contributed by atoms with van der Waals surface area (Å²) in [5.74, 6) is 0.855. The molecule has 0 atom stereocenters. The molecule has 1 N–H and O–H groups in total. The Balaban J connectivity index is 1.73. The third kappa shape index (κ3) is 4.22. The fourth-order valence-corrected chi connectivity index (χ4v) is 3.39. The number of fused-ring (bicyclic) bond motifs is 1. The largest absolute Gasteiger partial charge is 0.326 e. The molecule has 6 heteroatoms. The Labute approximate surface area is 149 Å². The second kappa shape index (κ2) is 7.44. The molecular formula is C19H17N3O2S. The Morgan fingerprint density at radius 2 is 1.76 bits per heavy atom. The molecule has 0 bridgehead atoms. The summed E-state index contributed by atoms with van der Waals surface area (Å²) in [5, 5.41) is 4.44. The lowest BCUT2D eigenvalue weighted by atomic mass is 10.1. The standard InChI is InChI=1S/C19H17N3O2S/c1-12-20-17-6-4-3-5-16(17)19(21-12)25-11-18(24)14-7-9-15(10-8-14)22-13(2)23/h3-10H,11H2,1-2H3,(H,22,23). The number of anilines is 1. The van der Waals surface area contributed by atoms with Gasteiger partial charge in [-0.1, -0.05) is 30.0 Å². The van der Waals surface area contributed by atoms with Gasteiger partial charge in [-0.2, -0.15) is 0 Å². The molecule has 2 aromatic carbocycles. The molecule has 0 aliphatic heterocycles. The summed E-state index contributed by atoms with van der Waals surface area (Å²) >= 11 is 1.41. The van der Waals surface area contributed by atoms with Crippen molar-refractivity contribution in [1.29, 1.82) is 0 Å². The third-order valence-electron chi connectivity index (χ3n) is 3.55. The van der Waals surface area contributed by atoms with Crippen LogP contribution in [0.4, 0.5) is 5.69 Å². The van der Waals surface area contributed by atoms with E-state index in [2.05, 4.69) is 15.3 Å². The summed E-state index contributed by atoms with van der Waals surface area (Å²) in [6.45, 7) is 3.29. The average molecular weight is 351 g/mol. The van der Waals surface area contributed by atoms with Crippen molar-refractivity contribution in [2.45, 2.75) is 18.9 Å². The van der Waals surface area contributed by atoms with Gasteiger partial charge in [-0.3, -0.25) is 9.59 Å². The lowest BCUT2D eigenvalue weighted by molar-refractivity contribution is -0.114. The molecule has 5 nitrogen and oxygen atoms in total. The van der Waals surface area contributed by atoms with Crippen LogP contribution in [0, 0.1) is 6.92 Å². The molecule has 0 aliphatic carbocycles. The van der Waals surface area contributed by atoms with E-state index in [1.807, 2.05) is 31.2 Å². The summed E-state index contributed by atoms with van der Waals surface area (Å²) in [4.78, 5) is 32.3. The molecule has 0 fully saturated rings. The first-order valence-corrected chi connectivity index (χ1v) is 8.78. The number of benzene rings is 2. The van der Waals surface area contributed by atoms with Gasteiger partial charge >= 0.3 is 0 Å². The first-order chi connectivity index (χ1) is 12.0. The van der Waals surface area contributed by atoms with Gasteiger partial charge in [-0.05, 0) is 37.3 Å². The molecule has 0 unspecified atom stereocenters. The van der Waals surface area contributed by atoms with Crippen LogP contribution in [0.1, 0.15) is 23.1 Å². The van der Waals surface area contributed by atoms with Gasteiger partial charge in [-0.15, -0.1) is 0 Å². The van der Waals surface area contributed by atoms with Crippen LogP contribution in [0.25, 0.3) is 10.9 Å². The van der Waals surface area contributed by atoms with Crippen LogP contribution in [-0.4, -0.2) is 27.4 Å². The summed E-state index contributed by atoms with van der Waals surface area (Å²) in [7, 11) is 0. The number of carbonyl (C=O) groups excluding carboxylic acids is 2. The maximum absolute atomic E-state index is 12.4. The highest BCUT2D eigenvalue weighted by Gasteiger charge is 2.11. The van der Waals surface area contributed by atoms with E-state index in [9.17, 15) is 9.59 Å². The average Bonchev–Trinajstić information content (AvgIpc) is 2.59. The Morgan fingerprint density at radius 3 is 2.48 bits per heavy atom. The number of hydrogen-bond acceptors (Lipinski definition) is 5. The number of aromatic nitrogens is 2. The summed E-state index contributed by atoms with van der Waals surface area (Å²) in [5.41, 5.74) is 2.16. The fourth-order valence-electron chi connectivity index (χ4n) is 2.43. The Hall–Kier alpha value is -2.73. The number of carbonyl (C=O) groups is 2. The number of nitrogens with zero attached hydrogens (tertiary/aromatic N) is 2. The number of aryl methyl sites for hydroxylation is 1. The topological polar surface area (TPSA) is 72.0 Å². The van der Waals surface area contributed by atoms with E-state index in [1.54, 1.807) is 24.3 Å². The SMILES string of the molecule is CC(=O)Nc1ccc(C(=O)CSc2nc(C)nc3ccccc23)cc1. The first kappa shape index (κ1) is 17.1. The normalized spacial score (nSPS) is 10.6. The number of rotatable bonds is 5. The molecule has 1 heterocycles. The van der Waals surface area contributed by atoms with Gasteiger partial charge in [0, 0.05) is 23.6 Å². The van der Waals surface area contributed by atoms with Gasteiger partial charge < -0.3 is 5.32 Å². The van der Waals surface area contributed by atoms with Gasteiger partial charge in [-0.25, -0.2) is 9.97 Å². The number of ketones is 1. The van der Waals surface area contributed by atoms with Crippen molar-refractivity contribution in [2.24, 2.45) is 0 Å². The van der Waals surface area contributed by atoms with Crippen LogP contribution in [0.5, 0.6) is 0 Å². The van der Waals surface area contributed by atoms with Crippen LogP contribution >= 0.6 is 11.8 Å². The van der Waals surface area contributed by atoms with Crippen molar-refractivity contribution in [2.75, 3.05) is 11.1 Å². The minimum absolute atomic E-state index is 0.0136. The van der Waals surface area contributed by atoms with Gasteiger partial charge in [0.1, 0.15) is 10.9 Å². The minimum atomic E-state index is -0.138. The Bertz CT molecular complexity index is 939. The van der Waals surface area contributed by atoms with Gasteiger partial charge in [0.2, 0.25) is 5.91 Å². The number of Topliss-reactive ketones (excluding diaryl/α,β-unsaturated/α-hetero) is 1. The lowest BCUT2D eigenvalue weighted by Gasteiger charge is -2.07. The van der Waals surface area contributed by atoms with E-state index in [-0.39, 0.29) is 11.7 Å². The number of thioether (sulfide) groups is 1. The van der Waals surface area contributed by atoms with E-state index in [0.717, 1.165) is 15.9 Å². The first-order valence-electron chi connectivity index (χ1n) is 7.80. The van der Waals surface area contributed by atoms with E-state index >= 15 is 0 Å². The van der Waals surface area contributed by atoms with E-state index in [1.165, 1.54) is 18.7 Å². The zero-order valence-electron chi connectivity index (χ0n) is 13.9. The van der Waals surface area contributed by atoms with Gasteiger partial charge in [0.25, 0.3) is 0 Å². The predicted molar refractivity (Wildman–Crippen MR) is 100 cm³/mol. The number of nitrogens with one attached hydrogen (secondary N) is 1. The minimum Gasteiger partial charge on any atom is -0.326 e. The van der Waals surface area contributed by atoms with E-state index in [4.69, 9.17) is 0 Å². The second-order valence-electron chi connectivity index (χ2n) is 5.56. The van der Waals surface area contributed by atoms with E-state index in [0.29, 0.717) is 22.8 Å². The molecule has 0 radical (unpaired) electrons. The highest BCUT2D eigenvalue weighted by Crippen LogP contribution is 2.26. The smallest absolute Gasteiger partial charge is 0.221 e. The zero-order chi connectivity index (χ0) is 17.8. The van der Waals surface area contributed by atoms with Crippen molar-refractivity contribution >= 4 is 40.0 Å². The number of amides is 1. The molecule has 126 valence electrons. The van der Waals surface area contributed by atoms with Gasteiger partial charge in [0.05, 0.1) is 11.3 Å². The molecule has 1 aromatic heterocycles. The van der Waals surface area contributed by atoms with Crippen LogP contribution in [0.2, 0.25) is 0 Å². The van der Waals surface area contributed by atoms with Crippen molar-refractivity contribution in [3.63, 3.8) is 0 Å². The van der Waals surface area contributed by atoms with Crippen molar-refractivity contribution in [1.82, 2.24) is 9.97 Å². The van der Waals surface area contributed by atoms with Crippen LogP contribution in [0.15, 0.2) is 53.6 Å². The van der Waals surface area contributed by atoms with Crippen LogP contribution < -0.4 is 5.32 Å². The highest BCUT2D eigenvalue weighted by molar-refractivity contribution is 8.00. The summed E-state index contributed by atoms with van der Waals surface area (Å²) < 4.78 is 0. The molecule has 1 amide bonds. The third-order valence-corrected chi connectivity index (χ3v) is 4.54. The van der Waals surface area contributed by atoms with Gasteiger partial charge in [0.15, 0.2) is 5.78 Å². The van der Waals surface area contributed by atoms with Crippen LogP contribution in [-0.2, 0) is 4.79 Å². The fraction of sp³-hybridized carbons (Fsp3) is 0.158.